The van der Waals surface area contributed by atoms with Crippen LogP contribution in [0.3, 0.4) is 0 Å². The summed E-state index contributed by atoms with van der Waals surface area (Å²) in [6.45, 7) is 3.80. The lowest BCUT2D eigenvalue weighted by Crippen LogP contribution is -2.34. The lowest BCUT2D eigenvalue weighted by atomic mass is 10.0. The van der Waals surface area contributed by atoms with Crippen LogP contribution in [0, 0.1) is 0 Å². The monoisotopic (exact) mass is 383 g/mol. The van der Waals surface area contributed by atoms with Crippen LogP contribution in [-0.4, -0.2) is 44.2 Å². The molecule has 6 nitrogen and oxygen atoms in total. The molecule has 2 aromatic carbocycles. The van der Waals surface area contributed by atoms with E-state index in [0.717, 1.165) is 37.5 Å². The normalized spacial score (nSPS) is 15.3. The van der Waals surface area contributed by atoms with Crippen molar-refractivity contribution in [2.45, 2.75) is 25.4 Å². The molecule has 0 aromatic heterocycles. The standard InChI is InChI=1S/C22H29N3O3/c1-27-20-6-4-5-18(13-20)21(25-11-2-3-12-25)15-24-14-17-7-9-19(10-8-17)28-16-22(23)26/h4-10,13,21,24H,2-3,11-12,14-16H2,1H3,(H2,23,26). The van der Waals surface area contributed by atoms with Crippen LogP contribution in [-0.2, 0) is 11.3 Å². The van der Waals surface area contributed by atoms with Crippen molar-refractivity contribution in [1.82, 2.24) is 10.2 Å². The number of primary amides is 1. The minimum absolute atomic E-state index is 0.102. The number of methoxy groups -OCH3 is 1. The first-order valence-corrected chi connectivity index (χ1v) is 9.74. The number of carbonyl (C=O) groups excluding carboxylic acids is 1. The number of ether oxygens (including phenoxy) is 2. The minimum atomic E-state index is -0.476. The highest BCUT2D eigenvalue weighted by Crippen LogP contribution is 2.27. The average Bonchev–Trinajstić information content (AvgIpc) is 3.25. The Balaban J connectivity index is 1.58. The Morgan fingerprint density at radius 3 is 2.57 bits per heavy atom. The Morgan fingerprint density at radius 2 is 1.89 bits per heavy atom. The van der Waals surface area contributed by atoms with Crippen molar-refractivity contribution in [2.75, 3.05) is 33.4 Å². The molecule has 1 heterocycles. The highest BCUT2D eigenvalue weighted by Gasteiger charge is 2.23. The fourth-order valence-electron chi connectivity index (χ4n) is 3.57. The Bertz CT molecular complexity index is 758. The number of likely N-dealkylation sites (tertiary alicyclic amines) is 1. The maximum atomic E-state index is 10.8. The number of rotatable bonds is 10. The first kappa shape index (κ1) is 20.2. The second-order valence-corrected chi connectivity index (χ2v) is 7.07. The van der Waals surface area contributed by atoms with Crippen LogP contribution in [0.5, 0.6) is 11.5 Å². The van der Waals surface area contributed by atoms with Gasteiger partial charge in [-0.05, 0) is 61.3 Å². The third-order valence-corrected chi connectivity index (χ3v) is 5.03. The number of carbonyl (C=O) groups is 1. The molecular weight excluding hydrogens is 354 g/mol. The molecule has 0 saturated carbocycles. The zero-order chi connectivity index (χ0) is 19.8. The van der Waals surface area contributed by atoms with Crippen LogP contribution < -0.4 is 20.5 Å². The number of nitrogens with one attached hydrogen (secondary N) is 1. The largest absolute Gasteiger partial charge is 0.497 e. The van der Waals surface area contributed by atoms with Crippen molar-refractivity contribution in [1.29, 1.82) is 0 Å². The van der Waals surface area contributed by atoms with Gasteiger partial charge in [0.2, 0.25) is 0 Å². The van der Waals surface area contributed by atoms with Crippen molar-refractivity contribution in [3.05, 3.63) is 59.7 Å². The van der Waals surface area contributed by atoms with E-state index in [1.165, 1.54) is 18.4 Å². The molecular formula is C22H29N3O3. The molecule has 0 radical (unpaired) electrons. The molecule has 1 unspecified atom stereocenters. The summed E-state index contributed by atoms with van der Waals surface area (Å²) in [6, 6.07) is 16.4. The van der Waals surface area contributed by atoms with Gasteiger partial charge in [-0.3, -0.25) is 9.69 Å². The van der Waals surface area contributed by atoms with Crippen molar-refractivity contribution in [2.24, 2.45) is 5.73 Å². The van der Waals surface area contributed by atoms with Gasteiger partial charge in [-0.2, -0.15) is 0 Å². The van der Waals surface area contributed by atoms with Crippen LogP contribution in [0.1, 0.15) is 30.0 Å². The van der Waals surface area contributed by atoms with Crippen LogP contribution in [0.2, 0.25) is 0 Å². The van der Waals surface area contributed by atoms with E-state index in [2.05, 4.69) is 28.4 Å². The number of amides is 1. The Labute approximate surface area is 166 Å². The van der Waals surface area contributed by atoms with Crippen molar-refractivity contribution < 1.29 is 14.3 Å². The molecule has 3 rings (SSSR count). The van der Waals surface area contributed by atoms with Gasteiger partial charge in [0.25, 0.3) is 5.91 Å². The molecule has 1 fully saturated rings. The van der Waals surface area contributed by atoms with Gasteiger partial charge in [0.05, 0.1) is 7.11 Å². The maximum absolute atomic E-state index is 10.8. The number of hydrogen-bond donors (Lipinski definition) is 2. The number of hydrogen-bond acceptors (Lipinski definition) is 5. The second kappa shape index (κ2) is 10.1. The number of benzene rings is 2. The van der Waals surface area contributed by atoms with Crippen LogP contribution in [0.4, 0.5) is 0 Å². The van der Waals surface area contributed by atoms with E-state index in [9.17, 15) is 4.79 Å². The van der Waals surface area contributed by atoms with Gasteiger partial charge in [0, 0.05) is 19.1 Å². The summed E-state index contributed by atoms with van der Waals surface area (Å²) in [7, 11) is 1.71. The van der Waals surface area contributed by atoms with Crippen molar-refractivity contribution >= 4 is 5.91 Å². The lowest BCUT2D eigenvalue weighted by molar-refractivity contribution is -0.119. The number of nitrogens with zero attached hydrogens (tertiary/aromatic N) is 1. The van der Waals surface area contributed by atoms with E-state index in [0.29, 0.717) is 11.8 Å². The molecule has 3 N–H and O–H groups in total. The van der Waals surface area contributed by atoms with Gasteiger partial charge < -0.3 is 20.5 Å². The molecule has 1 atom stereocenters. The molecule has 1 aliphatic heterocycles. The predicted molar refractivity (Wildman–Crippen MR) is 109 cm³/mol. The molecule has 0 aliphatic carbocycles. The Morgan fingerprint density at radius 1 is 1.14 bits per heavy atom. The summed E-state index contributed by atoms with van der Waals surface area (Å²) in [4.78, 5) is 13.3. The van der Waals surface area contributed by atoms with Crippen LogP contribution >= 0.6 is 0 Å². The van der Waals surface area contributed by atoms with Gasteiger partial charge in [-0.25, -0.2) is 0 Å². The highest BCUT2D eigenvalue weighted by atomic mass is 16.5. The van der Waals surface area contributed by atoms with Gasteiger partial charge in [-0.1, -0.05) is 24.3 Å². The smallest absolute Gasteiger partial charge is 0.255 e. The summed E-state index contributed by atoms with van der Waals surface area (Å²) in [5.41, 5.74) is 7.54. The first-order valence-electron chi connectivity index (χ1n) is 9.74. The molecule has 0 bridgehead atoms. The van der Waals surface area contributed by atoms with Gasteiger partial charge in [0.1, 0.15) is 11.5 Å². The quantitative estimate of drug-likeness (QED) is 0.659. The summed E-state index contributed by atoms with van der Waals surface area (Å²) in [6.07, 6.45) is 2.51. The molecule has 1 amide bonds. The molecule has 150 valence electrons. The van der Waals surface area contributed by atoms with Crippen LogP contribution in [0.15, 0.2) is 48.5 Å². The SMILES string of the molecule is COc1cccc(C(CNCc2ccc(OCC(N)=O)cc2)N2CCCC2)c1. The molecule has 28 heavy (non-hydrogen) atoms. The summed E-state index contributed by atoms with van der Waals surface area (Å²) < 4.78 is 10.7. The zero-order valence-electron chi connectivity index (χ0n) is 16.4. The van der Waals surface area contributed by atoms with Crippen LogP contribution in [0.25, 0.3) is 0 Å². The highest BCUT2D eigenvalue weighted by molar-refractivity contribution is 5.75. The van der Waals surface area contributed by atoms with Crippen molar-refractivity contribution in [3.8, 4) is 11.5 Å². The maximum Gasteiger partial charge on any atom is 0.255 e. The molecule has 2 aromatic rings. The van der Waals surface area contributed by atoms with E-state index in [-0.39, 0.29) is 6.61 Å². The van der Waals surface area contributed by atoms with E-state index in [1.54, 1.807) is 7.11 Å². The minimum Gasteiger partial charge on any atom is -0.497 e. The lowest BCUT2D eigenvalue weighted by Gasteiger charge is -2.28. The molecule has 6 heteroatoms. The van der Waals surface area contributed by atoms with E-state index < -0.39 is 5.91 Å². The Kier molecular flexibility index (Phi) is 7.28. The third kappa shape index (κ3) is 5.71. The fourth-order valence-corrected chi connectivity index (χ4v) is 3.57. The van der Waals surface area contributed by atoms with Gasteiger partial charge >= 0.3 is 0 Å². The average molecular weight is 383 g/mol. The topological polar surface area (TPSA) is 76.8 Å². The van der Waals surface area contributed by atoms with E-state index in [1.807, 2.05) is 30.3 Å². The molecule has 1 saturated heterocycles. The second-order valence-electron chi connectivity index (χ2n) is 7.07. The predicted octanol–water partition coefficient (Wildman–Crippen LogP) is 2.49. The zero-order valence-corrected chi connectivity index (χ0v) is 16.4. The number of nitrogens with two attached hydrogens (primary N) is 1. The van der Waals surface area contributed by atoms with Crippen molar-refractivity contribution in [3.63, 3.8) is 0 Å². The third-order valence-electron chi connectivity index (χ3n) is 5.03. The van der Waals surface area contributed by atoms with E-state index >= 15 is 0 Å². The van der Waals surface area contributed by atoms with Gasteiger partial charge in [0.15, 0.2) is 6.61 Å². The summed E-state index contributed by atoms with van der Waals surface area (Å²) >= 11 is 0. The summed E-state index contributed by atoms with van der Waals surface area (Å²) in [5, 5.41) is 3.59. The molecule has 1 aliphatic rings. The fraction of sp³-hybridized carbons (Fsp3) is 0.409. The molecule has 0 spiro atoms. The first-order chi connectivity index (χ1) is 13.7. The summed E-state index contributed by atoms with van der Waals surface area (Å²) in [5.74, 6) is 1.07. The Hall–Kier alpha value is -2.57. The van der Waals surface area contributed by atoms with Gasteiger partial charge in [-0.15, -0.1) is 0 Å². The van der Waals surface area contributed by atoms with E-state index in [4.69, 9.17) is 15.2 Å².